The number of carbonyl (C=O) groups is 1. The van der Waals surface area contributed by atoms with Gasteiger partial charge in [-0.3, -0.25) is 4.79 Å². The van der Waals surface area contributed by atoms with Crippen molar-refractivity contribution < 1.29 is 9.90 Å². The summed E-state index contributed by atoms with van der Waals surface area (Å²) in [7, 11) is 0. The summed E-state index contributed by atoms with van der Waals surface area (Å²) < 4.78 is 0. The lowest BCUT2D eigenvalue weighted by Crippen LogP contribution is -2.31. The van der Waals surface area contributed by atoms with E-state index < -0.39 is 0 Å². The van der Waals surface area contributed by atoms with E-state index in [1.165, 1.54) is 13.0 Å². The molecule has 0 radical (unpaired) electrons. The van der Waals surface area contributed by atoms with E-state index in [1.807, 2.05) is 6.92 Å². The second-order valence-corrected chi connectivity index (χ2v) is 2.98. The number of carbonyl (C=O) groups excluding carboxylic acids is 1. The third kappa shape index (κ3) is 5.77. The van der Waals surface area contributed by atoms with Crippen LogP contribution in [0.1, 0.15) is 33.6 Å². The third-order valence-electron chi connectivity index (χ3n) is 1.45. The number of hydrogen-bond acceptors (Lipinski definition) is 2. The van der Waals surface area contributed by atoms with Crippen LogP contribution in [0.15, 0.2) is 11.8 Å². The second-order valence-electron chi connectivity index (χ2n) is 2.98. The first kappa shape index (κ1) is 11.0. The van der Waals surface area contributed by atoms with E-state index in [2.05, 4.69) is 12.2 Å². The molecule has 0 aromatic heterocycles. The molecular weight excluding hydrogens is 154 g/mol. The van der Waals surface area contributed by atoms with Crippen LogP contribution in [0, 0.1) is 0 Å². The Balaban J connectivity index is 3.77. The molecule has 0 fully saturated rings. The number of aliphatic hydroxyl groups excluding tert-OH is 1. The van der Waals surface area contributed by atoms with Crippen molar-refractivity contribution in [2.75, 3.05) is 0 Å². The Labute approximate surface area is 73.5 Å². The number of aliphatic hydroxyl groups is 1. The highest BCUT2D eigenvalue weighted by atomic mass is 16.3. The third-order valence-corrected chi connectivity index (χ3v) is 1.45. The zero-order chi connectivity index (χ0) is 9.56. The van der Waals surface area contributed by atoms with Gasteiger partial charge >= 0.3 is 0 Å². The maximum Gasteiger partial charge on any atom is 0.247 e. The fraction of sp³-hybridized carbons (Fsp3) is 0.667. The van der Waals surface area contributed by atoms with E-state index in [0.29, 0.717) is 0 Å². The maximum atomic E-state index is 11.0. The van der Waals surface area contributed by atoms with Crippen molar-refractivity contribution in [3.8, 4) is 0 Å². The lowest BCUT2D eigenvalue weighted by Gasteiger charge is -2.10. The van der Waals surface area contributed by atoms with Crippen molar-refractivity contribution in [2.45, 2.75) is 39.7 Å². The normalized spacial score (nSPS) is 14.1. The molecule has 0 aliphatic rings. The fourth-order valence-corrected chi connectivity index (χ4v) is 0.979. The smallest absolute Gasteiger partial charge is 0.247 e. The van der Waals surface area contributed by atoms with E-state index in [1.54, 1.807) is 0 Å². The van der Waals surface area contributed by atoms with Gasteiger partial charge in [-0.05, 0) is 20.3 Å². The number of allylic oxidation sites excluding steroid dienone is 1. The van der Waals surface area contributed by atoms with Crippen LogP contribution in [0.4, 0.5) is 0 Å². The average Bonchev–Trinajstić information content (AvgIpc) is 1.84. The molecule has 0 spiro atoms. The monoisotopic (exact) mass is 171 g/mol. The molecule has 0 aromatic carbocycles. The number of rotatable bonds is 4. The van der Waals surface area contributed by atoms with Crippen LogP contribution in [-0.2, 0) is 4.79 Å². The molecule has 0 heterocycles. The molecule has 0 aromatic rings. The average molecular weight is 171 g/mol. The SMILES string of the molecule is CCCC(C)NC(=O)C=C(C)O. The summed E-state index contributed by atoms with van der Waals surface area (Å²) in [5.74, 6) is -0.188. The van der Waals surface area contributed by atoms with E-state index >= 15 is 0 Å². The zero-order valence-corrected chi connectivity index (χ0v) is 7.92. The minimum atomic E-state index is -0.226. The molecule has 0 saturated carbocycles. The molecule has 12 heavy (non-hydrogen) atoms. The molecule has 1 amide bonds. The standard InChI is InChI=1S/C9H17NO2/c1-4-5-7(2)10-9(12)6-8(3)11/h6-7,11H,4-5H2,1-3H3,(H,10,12). The Morgan fingerprint density at radius 2 is 2.25 bits per heavy atom. The van der Waals surface area contributed by atoms with Crippen LogP contribution in [0.25, 0.3) is 0 Å². The summed E-state index contributed by atoms with van der Waals surface area (Å²) in [6, 6.07) is 0.179. The van der Waals surface area contributed by atoms with Crippen LogP contribution >= 0.6 is 0 Å². The van der Waals surface area contributed by atoms with E-state index in [4.69, 9.17) is 5.11 Å². The van der Waals surface area contributed by atoms with Crippen LogP contribution < -0.4 is 5.32 Å². The molecule has 3 heteroatoms. The first-order valence-electron chi connectivity index (χ1n) is 4.24. The van der Waals surface area contributed by atoms with Crippen molar-refractivity contribution in [2.24, 2.45) is 0 Å². The molecule has 0 rings (SSSR count). The van der Waals surface area contributed by atoms with Crippen LogP contribution in [0.2, 0.25) is 0 Å². The largest absolute Gasteiger partial charge is 0.512 e. The second kappa shape index (κ2) is 5.63. The van der Waals surface area contributed by atoms with E-state index in [9.17, 15) is 4.79 Å². The Bertz CT molecular complexity index is 171. The van der Waals surface area contributed by atoms with Gasteiger partial charge in [-0.2, -0.15) is 0 Å². The van der Waals surface area contributed by atoms with Crippen molar-refractivity contribution in [1.29, 1.82) is 0 Å². The first-order valence-corrected chi connectivity index (χ1v) is 4.24. The Kier molecular flexibility index (Phi) is 5.17. The predicted octanol–water partition coefficient (Wildman–Crippen LogP) is 1.75. The lowest BCUT2D eigenvalue weighted by molar-refractivity contribution is -0.117. The van der Waals surface area contributed by atoms with Crippen molar-refractivity contribution in [3.63, 3.8) is 0 Å². The van der Waals surface area contributed by atoms with Crippen LogP contribution in [0.3, 0.4) is 0 Å². The van der Waals surface area contributed by atoms with Gasteiger partial charge in [0.05, 0.1) is 5.76 Å². The molecule has 1 atom stereocenters. The quantitative estimate of drug-likeness (QED) is 0.500. The van der Waals surface area contributed by atoms with Gasteiger partial charge in [0.15, 0.2) is 0 Å². The van der Waals surface area contributed by atoms with Gasteiger partial charge in [0, 0.05) is 12.1 Å². The molecule has 70 valence electrons. The molecule has 1 unspecified atom stereocenters. The number of hydrogen-bond donors (Lipinski definition) is 2. The zero-order valence-electron chi connectivity index (χ0n) is 7.92. The molecule has 0 aliphatic carbocycles. The minimum Gasteiger partial charge on any atom is -0.512 e. The van der Waals surface area contributed by atoms with Gasteiger partial charge < -0.3 is 10.4 Å². The van der Waals surface area contributed by atoms with Gasteiger partial charge in [0.2, 0.25) is 5.91 Å². The molecular formula is C9H17NO2. The number of nitrogens with one attached hydrogen (secondary N) is 1. The van der Waals surface area contributed by atoms with E-state index in [-0.39, 0.29) is 17.7 Å². The van der Waals surface area contributed by atoms with Gasteiger partial charge in [-0.15, -0.1) is 0 Å². The van der Waals surface area contributed by atoms with Crippen molar-refractivity contribution >= 4 is 5.91 Å². The minimum absolute atomic E-state index is 0.0381. The topological polar surface area (TPSA) is 49.3 Å². The van der Waals surface area contributed by atoms with E-state index in [0.717, 1.165) is 12.8 Å². The number of amides is 1. The Morgan fingerprint density at radius 3 is 2.67 bits per heavy atom. The van der Waals surface area contributed by atoms with Crippen LogP contribution in [0.5, 0.6) is 0 Å². The Hall–Kier alpha value is -0.990. The summed E-state index contributed by atoms with van der Waals surface area (Å²) in [4.78, 5) is 11.0. The summed E-state index contributed by atoms with van der Waals surface area (Å²) in [5.41, 5.74) is 0. The van der Waals surface area contributed by atoms with Crippen molar-refractivity contribution in [3.05, 3.63) is 11.8 Å². The summed E-state index contributed by atoms with van der Waals surface area (Å²) >= 11 is 0. The molecule has 0 aliphatic heterocycles. The molecule has 0 bridgehead atoms. The summed E-state index contributed by atoms with van der Waals surface area (Å²) in [5, 5.41) is 11.5. The summed E-state index contributed by atoms with van der Waals surface area (Å²) in [6.07, 6.45) is 3.19. The molecule has 0 saturated heterocycles. The van der Waals surface area contributed by atoms with Crippen molar-refractivity contribution in [1.82, 2.24) is 5.32 Å². The highest BCUT2D eigenvalue weighted by molar-refractivity contribution is 5.87. The van der Waals surface area contributed by atoms with Gasteiger partial charge in [-0.1, -0.05) is 13.3 Å². The lowest BCUT2D eigenvalue weighted by atomic mass is 10.2. The molecule has 2 N–H and O–H groups in total. The first-order chi connectivity index (χ1) is 5.56. The fourth-order valence-electron chi connectivity index (χ4n) is 0.979. The van der Waals surface area contributed by atoms with Gasteiger partial charge in [0.25, 0.3) is 0 Å². The van der Waals surface area contributed by atoms with Crippen LogP contribution in [-0.4, -0.2) is 17.1 Å². The van der Waals surface area contributed by atoms with Gasteiger partial charge in [0.1, 0.15) is 0 Å². The molecule has 3 nitrogen and oxygen atoms in total. The maximum absolute atomic E-state index is 11.0. The summed E-state index contributed by atoms with van der Waals surface area (Å²) in [6.45, 7) is 5.49. The highest BCUT2D eigenvalue weighted by Crippen LogP contribution is 1.95. The van der Waals surface area contributed by atoms with Gasteiger partial charge in [-0.25, -0.2) is 0 Å². The predicted molar refractivity (Wildman–Crippen MR) is 48.9 cm³/mol. The highest BCUT2D eigenvalue weighted by Gasteiger charge is 2.03. The Morgan fingerprint density at radius 1 is 1.67 bits per heavy atom.